The maximum absolute atomic E-state index is 10.6. The second-order valence-electron chi connectivity index (χ2n) is 16.6. The molecule has 4 atom stereocenters. The van der Waals surface area contributed by atoms with Gasteiger partial charge in [-0.1, -0.05) is 96.6 Å². The molecule has 0 saturated carbocycles. The van der Waals surface area contributed by atoms with Gasteiger partial charge in [0.2, 0.25) is 24.4 Å². The topological polar surface area (TPSA) is 383 Å². The smallest absolute Gasteiger partial charge is 0.632 e. The Morgan fingerprint density at radius 1 is 0.380 bits per heavy atom. The minimum Gasteiger partial charge on any atom is -0.632 e. The van der Waals surface area contributed by atoms with Crippen LogP contribution in [0, 0.1) is 23.7 Å². The van der Waals surface area contributed by atoms with E-state index in [0.29, 0.717) is 28.0 Å². The van der Waals surface area contributed by atoms with Crippen molar-refractivity contribution in [2.24, 2.45) is 0 Å². The van der Waals surface area contributed by atoms with Gasteiger partial charge in [-0.25, -0.2) is 44.0 Å². The van der Waals surface area contributed by atoms with E-state index in [9.17, 15) is 38.4 Å². The van der Waals surface area contributed by atoms with Gasteiger partial charge in [-0.3, -0.25) is 19.2 Å². The Morgan fingerprint density at radius 3 is 1.10 bits per heavy atom. The minimum atomic E-state index is -0.995. The van der Waals surface area contributed by atoms with Gasteiger partial charge in [-0.05, 0) is 99.5 Å². The van der Waals surface area contributed by atoms with E-state index in [4.69, 9.17) is 22.9 Å². The Labute approximate surface area is 582 Å². The van der Waals surface area contributed by atoms with Crippen molar-refractivity contribution >= 4 is 127 Å². The van der Waals surface area contributed by atoms with E-state index in [1.807, 2.05) is 109 Å². The van der Waals surface area contributed by atoms with Crippen LogP contribution < -0.4 is 22.3 Å². The first-order valence-corrected chi connectivity index (χ1v) is 28.8. The first-order valence-electron chi connectivity index (χ1n) is 24.8. The zero-order chi connectivity index (χ0) is 63.8. The fourth-order valence-electron chi connectivity index (χ4n) is 7.04. The summed E-state index contributed by atoms with van der Waals surface area (Å²) in [6.07, 6.45) is -0.629. The van der Waals surface area contributed by atoms with Crippen molar-refractivity contribution < 1.29 is 132 Å². The summed E-state index contributed by atoms with van der Waals surface area (Å²) in [5, 5.41) is 0. The van der Waals surface area contributed by atoms with Gasteiger partial charge in [0.15, 0.2) is 0 Å². The van der Waals surface area contributed by atoms with Gasteiger partial charge in [0.1, 0.15) is 5.69 Å². The van der Waals surface area contributed by atoms with E-state index in [2.05, 4.69) is 131 Å². The first-order chi connectivity index (χ1) is 42.5. The van der Waals surface area contributed by atoms with Crippen LogP contribution in [0.4, 0.5) is 19.2 Å². The number of benzene rings is 6. The van der Waals surface area contributed by atoms with Crippen molar-refractivity contribution in [2.75, 3.05) is 28.4 Å². The molecule has 24 nitrogen and oxygen atoms in total. The number of amides is 4. The molecular weight excluding hydrogens is 1410 g/mol. The van der Waals surface area contributed by atoms with Gasteiger partial charge in [0, 0.05) is 16.7 Å². The van der Waals surface area contributed by atoms with Crippen molar-refractivity contribution in [1.29, 1.82) is 0 Å². The molecule has 4 radical (unpaired) electrons. The maximum atomic E-state index is 10.6. The summed E-state index contributed by atoms with van der Waals surface area (Å²) in [6.45, 7) is 0. The SMILES string of the molecule is COC([NH-])=O.COC([NH-])=O.COC([NH-])=O.COC([NH-])=O.O=[C-]Pc1ncc(-c2ccc(-c3ccc(C#Cc4ccc5nc(P[C-]=O)[nH]c5c4)cc3)cc2)[nH]1.O=[C-]Pc1ncc(C#Cc2ccc(-c3ccc(-c4ccc5nc(P[C-]=O)[nH]c5c4)cc3)cc2)[nH]1.[V+2].[V+2].[V+2].[V+2]. The molecule has 4 unspecified atom stereocenters. The van der Waals surface area contributed by atoms with Gasteiger partial charge < -0.3 is 81.0 Å². The third-order valence-electron chi connectivity index (χ3n) is 11.1. The normalized spacial score (nSPS) is 9.78. The first kappa shape index (κ1) is 81.6. The monoisotopic (exact) mass is 1460 g/mol. The molecule has 92 heavy (non-hydrogen) atoms. The molecule has 0 spiro atoms. The number of rotatable bonds is 12. The molecular formula is C60H48N12O12P4V4. The van der Waals surface area contributed by atoms with Crippen LogP contribution in [0.3, 0.4) is 0 Å². The van der Waals surface area contributed by atoms with Crippen molar-refractivity contribution in [1.82, 2.24) is 39.9 Å². The van der Waals surface area contributed by atoms with Crippen LogP contribution >= 0.6 is 34.3 Å². The number of nitrogens with zero attached hydrogens (tertiary/aromatic N) is 4. The summed E-state index contributed by atoms with van der Waals surface area (Å²) in [5.74, 6) is 12.5. The minimum absolute atomic E-state index is 0. The second kappa shape index (κ2) is 44.2. The molecule has 4 amide bonds. The predicted octanol–water partition coefficient (Wildman–Crippen LogP) is 10.7. The van der Waals surface area contributed by atoms with Crippen LogP contribution in [-0.4, -0.2) is 117 Å². The number of hydrogen-bond donors (Lipinski definition) is 4. The molecule has 6 aromatic carbocycles. The third-order valence-corrected chi connectivity index (χ3v) is 13.4. The molecule has 0 aliphatic heterocycles. The number of carbonyl (C=O) groups is 4. The molecule has 32 heteroatoms. The van der Waals surface area contributed by atoms with Crippen molar-refractivity contribution in [2.45, 2.75) is 0 Å². The standard InChI is InChI=1S/2C26H16N4O2P2.4C2H5NO2.4V/c31-15-33-25-27-14-22(28-25)11-3-17-1-4-18(5-2-17)19-6-8-20(9-7-19)21-10-12-23-24(13-21)30-26(29-23)34-16-32;31-15-33-25-27-14-24(30-25)21-10-8-20(9-11-21)19-6-3-17(4-7-19)1-2-18-5-12-22-23(13-18)29-26(28-22)34-16-32;4*1-5-2(3)4;;;;/h1-2,4-10,12-14,33-34H,(H,27,28)(H,29,30);3-14,33-34H,(H,27,30)(H,28,29);4*1H3,(H2,3,4);;;;/q2*-2;;;;;4*+2/p-4. The summed E-state index contributed by atoms with van der Waals surface area (Å²) >= 11 is 0. The van der Waals surface area contributed by atoms with Gasteiger partial charge >= 0.3 is 74.2 Å². The Morgan fingerprint density at radius 2 is 0.685 bits per heavy atom. The number of hydrogen-bond acceptors (Lipinski definition) is 16. The van der Waals surface area contributed by atoms with E-state index in [-0.39, 0.29) is 109 Å². The molecule has 4 heterocycles. The Bertz CT molecular complexity index is 4080. The third kappa shape index (κ3) is 28.0. The molecule has 0 aliphatic carbocycles. The van der Waals surface area contributed by atoms with E-state index in [1.165, 1.54) is 0 Å². The Balaban J connectivity index is 0.000000687. The number of aromatic amines is 4. The number of aromatic nitrogens is 8. The number of methoxy groups -OCH3 is 4. The number of H-pyrrole nitrogens is 4. The largest absolute Gasteiger partial charge is 2.00 e. The van der Waals surface area contributed by atoms with Crippen molar-refractivity contribution in [3.63, 3.8) is 0 Å². The average molecular weight is 1460 g/mol. The molecule has 10 rings (SSSR count). The number of ether oxygens (including phenoxy) is 4. The number of nitrogens with one attached hydrogen (secondary N) is 8. The van der Waals surface area contributed by atoms with Gasteiger partial charge in [-0.2, -0.15) is 34.3 Å². The summed E-state index contributed by atoms with van der Waals surface area (Å²) in [4.78, 5) is 109. The summed E-state index contributed by atoms with van der Waals surface area (Å²) in [6, 6.07) is 52.0. The van der Waals surface area contributed by atoms with Crippen LogP contribution in [-0.2, 0) is 112 Å². The summed E-state index contributed by atoms with van der Waals surface area (Å²) < 4.78 is 15.1. The van der Waals surface area contributed by atoms with Crippen LogP contribution in [0.25, 0.3) is 89.6 Å². The molecule has 0 aliphatic rings. The van der Waals surface area contributed by atoms with E-state index < -0.39 is 24.4 Å². The zero-order valence-corrected chi connectivity index (χ0v) is 57.9. The second-order valence-corrected chi connectivity index (χ2v) is 20.3. The Hall–Kier alpha value is -8.38. The van der Waals surface area contributed by atoms with Gasteiger partial charge in [0.25, 0.3) is 0 Å². The van der Waals surface area contributed by atoms with E-state index in [1.54, 1.807) is 12.4 Å². The zero-order valence-electron chi connectivity index (χ0n) is 48.3. The quantitative estimate of drug-likeness (QED) is 0.0382. The van der Waals surface area contributed by atoms with Crippen molar-refractivity contribution in [3.05, 3.63) is 191 Å². The van der Waals surface area contributed by atoms with Crippen LogP contribution in [0.1, 0.15) is 22.4 Å². The molecule has 460 valence electrons. The average Bonchev–Trinajstić information content (AvgIpc) is 1.66. The summed E-state index contributed by atoms with van der Waals surface area (Å²) in [5.41, 5.74) is 41.6. The Kier molecular flexibility index (Phi) is 39.2. The van der Waals surface area contributed by atoms with Gasteiger partial charge in [-0.15, -0.1) is 0 Å². The number of carbonyl (C=O) groups excluding carboxylic acids is 8. The number of fused-ring (bicyclic) bond motifs is 2. The summed E-state index contributed by atoms with van der Waals surface area (Å²) in [7, 11) is 4.26. The molecule has 0 bridgehead atoms. The van der Waals surface area contributed by atoms with Crippen LogP contribution in [0.2, 0.25) is 0 Å². The molecule has 4 aromatic heterocycles. The van der Waals surface area contributed by atoms with E-state index >= 15 is 0 Å². The fraction of sp³-hybridized carbons (Fsp3) is 0.0667. The molecule has 0 fully saturated rings. The van der Waals surface area contributed by atoms with Crippen LogP contribution in [0.5, 0.6) is 0 Å². The van der Waals surface area contributed by atoms with E-state index in [0.717, 1.165) is 112 Å². The molecule has 8 N–H and O–H groups in total. The fourth-order valence-corrected chi connectivity index (χ4v) is 8.83. The van der Waals surface area contributed by atoms with Gasteiger partial charge in [0.05, 0.1) is 90.9 Å². The van der Waals surface area contributed by atoms with Crippen molar-refractivity contribution in [3.8, 4) is 68.3 Å². The van der Waals surface area contributed by atoms with Crippen LogP contribution in [0.15, 0.2) is 146 Å². The predicted molar refractivity (Wildman–Crippen MR) is 345 cm³/mol. The molecule has 10 aromatic rings. The number of imidazole rings is 4. The molecule has 0 saturated heterocycles. The maximum Gasteiger partial charge on any atom is 2.00 e.